The van der Waals surface area contributed by atoms with E-state index in [0.29, 0.717) is 12.1 Å². The average Bonchev–Trinajstić information content (AvgIpc) is 2.72. The molecule has 0 aromatic carbocycles. The number of hydrogen-bond donors (Lipinski definition) is 1. The fourth-order valence-corrected chi connectivity index (χ4v) is 2.62. The quantitative estimate of drug-likeness (QED) is 0.800. The van der Waals surface area contributed by atoms with Crippen molar-refractivity contribution < 1.29 is 4.74 Å². The highest BCUT2D eigenvalue weighted by atomic mass is 79.9. The summed E-state index contributed by atoms with van der Waals surface area (Å²) in [6, 6.07) is 0.311. The van der Waals surface area contributed by atoms with Gasteiger partial charge < -0.3 is 10.1 Å². The van der Waals surface area contributed by atoms with Gasteiger partial charge in [-0.15, -0.1) is 0 Å². The van der Waals surface area contributed by atoms with E-state index in [1.54, 1.807) is 7.11 Å². The molecule has 1 aromatic rings. The van der Waals surface area contributed by atoms with Gasteiger partial charge in [0.05, 0.1) is 28.5 Å². The highest BCUT2D eigenvalue weighted by molar-refractivity contribution is 9.10. The van der Waals surface area contributed by atoms with Crippen LogP contribution in [0, 0.1) is 0 Å². The molecule has 2 unspecified atom stereocenters. The van der Waals surface area contributed by atoms with Gasteiger partial charge in [0.15, 0.2) is 0 Å². The molecule has 0 aliphatic heterocycles. The summed E-state index contributed by atoms with van der Waals surface area (Å²) < 4.78 is 8.48. The van der Waals surface area contributed by atoms with Crippen LogP contribution in [-0.4, -0.2) is 30.0 Å². The summed E-state index contributed by atoms with van der Waals surface area (Å²) in [6.45, 7) is 5.23. The van der Waals surface area contributed by atoms with E-state index in [4.69, 9.17) is 4.74 Å². The van der Waals surface area contributed by atoms with Gasteiger partial charge >= 0.3 is 0 Å². The van der Waals surface area contributed by atoms with Crippen LogP contribution in [0.1, 0.15) is 44.8 Å². The van der Waals surface area contributed by atoms with E-state index in [2.05, 4.69) is 44.9 Å². The maximum absolute atomic E-state index is 5.31. The molecule has 0 bridgehead atoms. The number of aromatic nitrogens is 2. The predicted octanol–water partition coefficient (Wildman–Crippen LogP) is 3.13. The van der Waals surface area contributed by atoms with Gasteiger partial charge in [-0.25, -0.2) is 0 Å². The second kappa shape index (κ2) is 7.92. The molecule has 0 amide bonds. The zero-order valence-electron chi connectivity index (χ0n) is 11.7. The molecule has 1 aromatic heterocycles. The number of halogens is 1. The highest BCUT2D eigenvalue weighted by Gasteiger charge is 2.19. The molecular weight excluding hydrogens is 294 g/mol. The van der Waals surface area contributed by atoms with E-state index in [9.17, 15) is 0 Å². The van der Waals surface area contributed by atoms with Gasteiger partial charge in [-0.05, 0) is 49.2 Å². The largest absolute Gasteiger partial charge is 0.382 e. The number of nitrogens with zero attached hydrogens (tertiary/aromatic N) is 2. The maximum Gasteiger partial charge on any atom is 0.0695 e. The monoisotopic (exact) mass is 317 g/mol. The lowest BCUT2D eigenvalue weighted by atomic mass is 10.1. The van der Waals surface area contributed by atoms with Gasteiger partial charge in [-0.2, -0.15) is 5.10 Å². The van der Waals surface area contributed by atoms with Crippen molar-refractivity contribution in [3.63, 3.8) is 0 Å². The van der Waals surface area contributed by atoms with Crippen molar-refractivity contribution in [2.24, 2.45) is 0 Å². The third-order valence-electron chi connectivity index (χ3n) is 3.21. The van der Waals surface area contributed by atoms with Gasteiger partial charge in [-0.1, -0.05) is 6.92 Å². The van der Waals surface area contributed by atoms with Gasteiger partial charge in [0, 0.05) is 13.7 Å². The van der Waals surface area contributed by atoms with E-state index in [-0.39, 0.29) is 0 Å². The molecule has 1 heterocycles. The summed E-state index contributed by atoms with van der Waals surface area (Å²) >= 11 is 3.60. The Morgan fingerprint density at radius 1 is 1.50 bits per heavy atom. The Morgan fingerprint density at radius 2 is 2.22 bits per heavy atom. The Morgan fingerprint density at radius 3 is 2.78 bits per heavy atom. The molecule has 4 nitrogen and oxygen atoms in total. The van der Waals surface area contributed by atoms with Crippen LogP contribution in [0.5, 0.6) is 0 Å². The third-order valence-corrected chi connectivity index (χ3v) is 3.82. The van der Waals surface area contributed by atoms with E-state index in [1.165, 1.54) is 5.69 Å². The van der Waals surface area contributed by atoms with E-state index >= 15 is 0 Å². The number of nitrogens with one attached hydrogen (secondary N) is 1. The Hall–Kier alpha value is -0.390. The fourth-order valence-electron chi connectivity index (χ4n) is 2.05. The smallest absolute Gasteiger partial charge is 0.0695 e. The lowest BCUT2D eigenvalue weighted by Crippen LogP contribution is -2.22. The zero-order valence-corrected chi connectivity index (χ0v) is 13.3. The molecule has 0 spiro atoms. The van der Waals surface area contributed by atoms with Crippen molar-refractivity contribution in [1.82, 2.24) is 15.1 Å². The van der Waals surface area contributed by atoms with Crippen LogP contribution < -0.4 is 5.32 Å². The van der Waals surface area contributed by atoms with Gasteiger partial charge in [-0.3, -0.25) is 4.68 Å². The summed E-state index contributed by atoms with van der Waals surface area (Å²) in [5.74, 6) is 0. The minimum absolute atomic E-state index is 0.294. The molecule has 5 heteroatoms. The Kier molecular flexibility index (Phi) is 6.89. The predicted molar refractivity (Wildman–Crippen MR) is 77.7 cm³/mol. The second-order valence-electron chi connectivity index (χ2n) is 4.57. The Labute approximate surface area is 118 Å². The van der Waals surface area contributed by atoms with Crippen molar-refractivity contribution in [2.45, 2.75) is 51.8 Å². The zero-order chi connectivity index (χ0) is 13.5. The van der Waals surface area contributed by atoms with Gasteiger partial charge in [0.25, 0.3) is 0 Å². The van der Waals surface area contributed by atoms with Crippen molar-refractivity contribution in [2.75, 3.05) is 14.2 Å². The summed E-state index contributed by atoms with van der Waals surface area (Å²) in [5.41, 5.74) is 1.24. The summed E-state index contributed by atoms with van der Waals surface area (Å²) in [6.07, 6.45) is 5.34. The molecule has 0 fully saturated rings. The third kappa shape index (κ3) is 4.07. The first-order valence-corrected chi connectivity index (χ1v) is 7.34. The van der Waals surface area contributed by atoms with E-state index in [1.807, 2.05) is 13.2 Å². The molecule has 1 rings (SSSR count). The summed E-state index contributed by atoms with van der Waals surface area (Å²) in [4.78, 5) is 0. The number of methoxy groups -OCH3 is 1. The number of ether oxygens (including phenoxy) is 1. The SMILES string of the molecule is CCCn1ncc(Br)c1C(CCC(C)OC)NC. The van der Waals surface area contributed by atoms with Crippen molar-refractivity contribution >= 4 is 15.9 Å². The van der Waals surface area contributed by atoms with Crippen molar-refractivity contribution in [3.05, 3.63) is 16.4 Å². The molecule has 0 aliphatic carbocycles. The molecule has 18 heavy (non-hydrogen) atoms. The molecule has 0 saturated heterocycles. The molecule has 1 N–H and O–H groups in total. The minimum Gasteiger partial charge on any atom is -0.382 e. The standard InChI is InChI=1S/C13H24BrN3O/c1-5-8-17-13(11(14)9-16-17)12(15-3)7-6-10(2)18-4/h9-10,12,15H,5-8H2,1-4H3. The Balaban J connectivity index is 2.77. The van der Waals surface area contributed by atoms with Crippen molar-refractivity contribution in [1.29, 1.82) is 0 Å². The average molecular weight is 318 g/mol. The minimum atomic E-state index is 0.294. The fraction of sp³-hybridized carbons (Fsp3) is 0.769. The summed E-state index contributed by atoms with van der Waals surface area (Å²) in [5, 5.41) is 7.80. The first kappa shape index (κ1) is 15.7. The van der Waals surface area contributed by atoms with Crippen LogP contribution in [-0.2, 0) is 11.3 Å². The van der Waals surface area contributed by atoms with Crippen LogP contribution in [0.15, 0.2) is 10.7 Å². The van der Waals surface area contributed by atoms with Gasteiger partial charge in [0.2, 0.25) is 0 Å². The lowest BCUT2D eigenvalue weighted by Gasteiger charge is -2.20. The number of aryl methyl sites for hydroxylation is 1. The number of hydrogen-bond acceptors (Lipinski definition) is 3. The normalized spacial score (nSPS) is 14.7. The van der Waals surface area contributed by atoms with Crippen LogP contribution in [0.25, 0.3) is 0 Å². The lowest BCUT2D eigenvalue weighted by molar-refractivity contribution is 0.106. The Bertz CT molecular complexity index is 354. The second-order valence-corrected chi connectivity index (χ2v) is 5.42. The van der Waals surface area contributed by atoms with Crippen LogP contribution in [0.3, 0.4) is 0 Å². The molecule has 0 radical (unpaired) electrons. The first-order chi connectivity index (χ1) is 8.63. The van der Waals surface area contributed by atoms with Crippen LogP contribution >= 0.6 is 15.9 Å². The number of rotatable bonds is 8. The summed E-state index contributed by atoms with van der Waals surface area (Å²) in [7, 11) is 3.76. The van der Waals surface area contributed by atoms with Crippen LogP contribution in [0.2, 0.25) is 0 Å². The van der Waals surface area contributed by atoms with Crippen LogP contribution in [0.4, 0.5) is 0 Å². The maximum atomic E-state index is 5.31. The molecule has 0 saturated carbocycles. The van der Waals surface area contributed by atoms with E-state index < -0.39 is 0 Å². The van der Waals surface area contributed by atoms with E-state index in [0.717, 1.165) is 30.3 Å². The molecule has 0 aliphatic rings. The molecule has 104 valence electrons. The molecular formula is C13H24BrN3O. The molecule has 2 atom stereocenters. The topological polar surface area (TPSA) is 39.1 Å². The highest BCUT2D eigenvalue weighted by Crippen LogP contribution is 2.27. The first-order valence-electron chi connectivity index (χ1n) is 6.55. The van der Waals surface area contributed by atoms with Crippen molar-refractivity contribution in [3.8, 4) is 0 Å². The van der Waals surface area contributed by atoms with Gasteiger partial charge in [0.1, 0.15) is 0 Å².